The first-order valence-electron chi connectivity index (χ1n) is 5.26. The Kier molecular flexibility index (Phi) is 3.69. The molecule has 2 atom stereocenters. The number of rotatable bonds is 4. The molecule has 0 radical (unpaired) electrons. The maximum atomic E-state index is 9.59. The molecule has 0 bridgehead atoms. The molecule has 1 aromatic heterocycles. The summed E-state index contributed by atoms with van der Waals surface area (Å²) in [5.74, 6) is 0.346. The number of β-amino-alcohol motifs (C(OH)–C–C–N with tert-alkyl or cyclic N) is 1. The molecule has 0 aliphatic carbocycles. The van der Waals surface area contributed by atoms with E-state index in [-0.39, 0.29) is 6.10 Å². The second-order valence-corrected chi connectivity index (χ2v) is 4.92. The minimum Gasteiger partial charge on any atom is -0.391 e. The summed E-state index contributed by atoms with van der Waals surface area (Å²) in [6.07, 6.45) is -0.194. The number of aromatic nitrogens is 1. The van der Waals surface area contributed by atoms with Crippen molar-refractivity contribution in [2.24, 2.45) is 5.92 Å². The molecule has 1 aromatic rings. The van der Waals surface area contributed by atoms with Gasteiger partial charge in [0.15, 0.2) is 0 Å². The van der Waals surface area contributed by atoms with Gasteiger partial charge in [0, 0.05) is 37.0 Å². The van der Waals surface area contributed by atoms with Gasteiger partial charge in [-0.25, -0.2) is 4.98 Å². The third-order valence-electron chi connectivity index (χ3n) is 2.84. The van der Waals surface area contributed by atoms with Gasteiger partial charge in [0.05, 0.1) is 17.3 Å². The van der Waals surface area contributed by atoms with Crippen molar-refractivity contribution in [1.82, 2.24) is 15.6 Å². The number of hydrogen-bond acceptors (Lipinski definition) is 5. The molecular weight excluding hydrogens is 210 g/mol. The zero-order chi connectivity index (χ0) is 10.7. The fourth-order valence-electron chi connectivity index (χ4n) is 1.79. The lowest BCUT2D eigenvalue weighted by atomic mass is 10.1. The third-order valence-corrected chi connectivity index (χ3v) is 3.78. The molecule has 1 aliphatic rings. The van der Waals surface area contributed by atoms with Gasteiger partial charge in [-0.05, 0) is 6.92 Å². The highest BCUT2D eigenvalue weighted by Crippen LogP contribution is 2.12. The third kappa shape index (κ3) is 2.75. The average molecular weight is 227 g/mol. The van der Waals surface area contributed by atoms with Crippen molar-refractivity contribution in [3.8, 4) is 0 Å². The van der Waals surface area contributed by atoms with Crippen molar-refractivity contribution in [3.05, 3.63) is 16.1 Å². The van der Waals surface area contributed by atoms with Gasteiger partial charge in [0.25, 0.3) is 0 Å². The quantitative estimate of drug-likeness (QED) is 0.684. The van der Waals surface area contributed by atoms with E-state index < -0.39 is 0 Å². The lowest BCUT2D eigenvalue weighted by Crippen LogP contribution is -2.30. The van der Waals surface area contributed by atoms with E-state index in [2.05, 4.69) is 15.6 Å². The molecule has 2 unspecified atom stereocenters. The molecule has 0 saturated carbocycles. The van der Waals surface area contributed by atoms with Crippen molar-refractivity contribution >= 4 is 11.3 Å². The molecule has 1 aliphatic heterocycles. The maximum absolute atomic E-state index is 9.59. The first-order valence-corrected chi connectivity index (χ1v) is 6.14. The molecule has 2 heterocycles. The fourth-order valence-corrected chi connectivity index (χ4v) is 2.54. The lowest BCUT2D eigenvalue weighted by molar-refractivity contribution is 0.146. The monoisotopic (exact) mass is 227 g/mol. The molecule has 0 aromatic carbocycles. The molecule has 2 rings (SSSR count). The van der Waals surface area contributed by atoms with Gasteiger partial charge in [-0.2, -0.15) is 0 Å². The fraction of sp³-hybridized carbons (Fsp3) is 0.700. The van der Waals surface area contributed by atoms with Crippen molar-refractivity contribution in [1.29, 1.82) is 0 Å². The lowest BCUT2D eigenvalue weighted by Gasteiger charge is -2.13. The van der Waals surface area contributed by atoms with Crippen LogP contribution in [0.5, 0.6) is 0 Å². The minimum atomic E-state index is -0.194. The van der Waals surface area contributed by atoms with Crippen LogP contribution in [-0.2, 0) is 6.54 Å². The van der Waals surface area contributed by atoms with E-state index in [4.69, 9.17) is 0 Å². The summed E-state index contributed by atoms with van der Waals surface area (Å²) in [6, 6.07) is 0. The summed E-state index contributed by atoms with van der Waals surface area (Å²) in [6.45, 7) is 5.40. The highest BCUT2D eigenvalue weighted by atomic mass is 32.1. The minimum absolute atomic E-state index is 0.194. The van der Waals surface area contributed by atoms with Gasteiger partial charge in [0.2, 0.25) is 0 Å². The Morgan fingerprint density at radius 2 is 2.53 bits per heavy atom. The van der Waals surface area contributed by atoms with Gasteiger partial charge < -0.3 is 15.7 Å². The van der Waals surface area contributed by atoms with E-state index >= 15 is 0 Å². The molecule has 3 N–H and O–H groups in total. The van der Waals surface area contributed by atoms with Crippen LogP contribution in [-0.4, -0.2) is 35.8 Å². The summed E-state index contributed by atoms with van der Waals surface area (Å²) in [7, 11) is 0. The predicted octanol–water partition coefficient (Wildman–Crippen LogP) is 0.121. The van der Waals surface area contributed by atoms with E-state index in [9.17, 15) is 5.11 Å². The van der Waals surface area contributed by atoms with Crippen LogP contribution in [0, 0.1) is 12.8 Å². The van der Waals surface area contributed by atoms with Crippen LogP contribution in [0.25, 0.3) is 0 Å². The number of nitrogens with zero attached hydrogens (tertiary/aromatic N) is 1. The largest absolute Gasteiger partial charge is 0.391 e. The second kappa shape index (κ2) is 5.03. The summed E-state index contributed by atoms with van der Waals surface area (Å²) in [4.78, 5) is 5.49. The van der Waals surface area contributed by atoms with Gasteiger partial charge in [0.1, 0.15) is 0 Å². The number of hydrogen-bond donors (Lipinski definition) is 3. The highest BCUT2D eigenvalue weighted by Gasteiger charge is 2.24. The van der Waals surface area contributed by atoms with Crippen LogP contribution in [0.2, 0.25) is 0 Å². The Bertz CT molecular complexity index is 315. The Balaban J connectivity index is 1.73. The molecule has 0 amide bonds. The van der Waals surface area contributed by atoms with E-state index in [1.165, 1.54) is 4.88 Å². The summed E-state index contributed by atoms with van der Waals surface area (Å²) in [5.41, 5.74) is 2.98. The Labute approximate surface area is 93.7 Å². The van der Waals surface area contributed by atoms with Crippen LogP contribution in [0.3, 0.4) is 0 Å². The van der Waals surface area contributed by atoms with Gasteiger partial charge in [-0.3, -0.25) is 0 Å². The Morgan fingerprint density at radius 1 is 1.67 bits per heavy atom. The summed E-state index contributed by atoms with van der Waals surface area (Å²) < 4.78 is 0. The highest BCUT2D eigenvalue weighted by molar-refractivity contribution is 7.09. The van der Waals surface area contributed by atoms with Crippen LogP contribution in [0.1, 0.15) is 10.6 Å². The smallest absolute Gasteiger partial charge is 0.0798 e. The molecule has 1 fully saturated rings. The molecular formula is C10H17N3OS. The Hall–Kier alpha value is -0.490. The van der Waals surface area contributed by atoms with Gasteiger partial charge in [-0.15, -0.1) is 11.3 Å². The van der Waals surface area contributed by atoms with E-state index in [0.717, 1.165) is 31.9 Å². The first-order chi connectivity index (χ1) is 7.27. The molecule has 0 spiro atoms. The van der Waals surface area contributed by atoms with Crippen LogP contribution in [0.4, 0.5) is 0 Å². The molecule has 84 valence electrons. The van der Waals surface area contributed by atoms with Crippen molar-refractivity contribution < 1.29 is 5.11 Å². The molecule has 15 heavy (non-hydrogen) atoms. The summed E-state index contributed by atoms with van der Waals surface area (Å²) in [5, 5.41) is 16.1. The zero-order valence-electron chi connectivity index (χ0n) is 8.86. The van der Waals surface area contributed by atoms with Gasteiger partial charge in [-0.1, -0.05) is 0 Å². The molecule has 5 heteroatoms. The number of aliphatic hydroxyl groups is 1. The van der Waals surface area contributed by atoms with Crippen LogP contribution in [0.15, 0.2) is 5.51 Å². The van der Waals surface area contributed by atoms with E-state index in [0.29, 0.717) is 5.92 Å². The van der Waals surface area contributed by atoms with Crippen molar-refractivity contribution in [2.45, 2.75) is 19.6 Å². The van der Waals surface area contributed by atoms with Gasteiger partial charge >= 0.3 is 0 Å². The van der Waals surface area contributed by atoms with Crippen molar-refractivity contribution in [2.75, 3.05) is 19.6 Å². The van der Waals surface area contributed by atoms with E-state index in [1.807, 2.05) is 12.4 Å². The number of nitrogens with one attached hydrogen (secondary N) is 2. The normalized spacial score (nSPS) is 26.0. The average Bonchev–Trinajstić information content (AvgIpc) is 2.78. The Morgan fingerprint density at radius 3 is 3.13 bits per heavy atom. The van der Waals surface area contributed by atoms with Crippen LogP contribution < -0.4 is 10.6 Å². The maximum Gasteiger partial charge on any atom is 0.0798 e. The van der Waals surface area contributed by atoms with E-state index in [1.54, 1.807) is 11.3 Å². The number of aliphatic hydroxyl groups excluding tert-OH is 1. The zero-order valence-corrected chi connectivity index (χ0v) is 9.68. The van der Waals surface area contributed by atoms with Crippen LogP contribution >= 0.6 is 11.3 Å². The number of thiazole rings is 1. The first kappa shape index (κ1) is 11.0. The topological polar surface area (TPSA) is 57.2 Å². The predicted molar refractivity (Wildman–Crippen MR) is 60.9 cm³/mol. The standard InChI is InChI=1S/C10H17N3OS/c1-7-10(15-6-13-7)5-12-3-8-2-11-4-9(8)14/h6,8-9,11-12,14H,2-5H2,1H3. The summed E-state index contributed by atoms with van der Waals surface area (Å²) >= 11 is 1.68. The molecule has 4 nitrogen and oxygen atoms in total. The number of aryl methyl sites for hydroxylation is 1. The second-order valence-electron chi connectivity index (χ2n) is 3.98. The molecule has 1 saturated heterocycles. The van der Waals surface area contributed by atoms with Crippen molar-refractivity contribution in [3.63, 3.8) is 0 Å². The SMILES string of the molecule is Cc1ncsc1CNCC1CNCC1O.